The van der Waals surface area contributed by atoms with Gasteiger partial charge in [0.05, 0.1) is 5.52 Å². The van der Waals surface area contributed by atoms with Gasteiger partial charge in [-0.15, -0.1) is 0 Å². The number of aryl methyl sites for hydroxylation is 1. The summed E-state index contributed by atoms with van der Waals surface area (Å²) in [6.45, 7) is 8.27. The maximum absolute atomic E-state index is 13.9. The van der Waals surface area contributed by atoms with Gasteiger partial charge in [0.2, 0.25) is 0 Å². The van der Waals surface area contributed by atoms with E-state index >= 15 is 0 Å². The number of nitrogens with two attached hydrogens (primary N) is 1. The van der Waals surface area contributed by atoms with Crippen molar-refractivity contribution in [3.05, 3.63) is 35.1 Å². The van der Waals surface area contributed by atoms with Gasteiger partial charge in [-0.25, -0.2) is 9.37 Å². The number of pyridine rings is 1. The second kappa shape index (κ2) is 4.23. The summed E-state index contributed by atoms with van der Waals surface area (Å²) in [6.07, 6.45) is 0.651. The van der Waals surface area contributed by atoms with Crippen molar-refractivity contribution in [1.82, 2.24) is 4.98 Å². The van der Waals surface area contributed by atoms with Gasteiger partial charge in [-0.3, -0.25) is 0 Å². The molecule has 0 fully saturated rings. The topological polar surface area (TPSA) is 38.9 Å². The molecule has 0 unspecified atom stereocenters. The molecule has 0 radical (unpaired) electrons. The van der Waals surface area contributed by atoms with Gasteiger partial charge in [0, 0.05) is 5.39 Å². The predicted molar refractivity (Wildman–Crippen MR) is 74.2 cm³/mol. The first-order valence-corrected chi connectivity index (χ1v) is 6.22. The quantitative estimate of drug-likeness (QED) is 0.830. The lowest BCUT2D eigenvalue weighted by Crippen LogP contribution is -2.14. The van der Waals surface area contributed by atoms with Gasteiger partial charge in [0.1, 0.15) is 11.6 Å². The molecule has 0 aliphatic carbocycles. The van der Waals surface area contributed by atoms with Crippen molar-refractivity contribution in [3.8, 4) is 0 Å². The summed E-state index contributed by atoms with van der Waals surface area (Å²) in [4.78, 5) is 4.31. The molecule has 18 heavy (non-hydrogen) atoms. The Hall–Kier alpha value is -1.64. The van der Waals surface area contributed by atoms with E-state index in [0.717, 1.165) is 22.0 Å². The zero-order chi connectivity index (χ0) is 13.5. The molecule has 96 valence electrons. The minimum atomic E-state index is -0.165. The van der Waals surface area contributed by atoms with E-state index in [-0.39, 0.29) is 11.2 Å². The molecule has 2 nitrogen and oxygen atoms in total. The van der Waals surface area contributed by atoms with Crippen molar-refractivity contribution < 1.29 is 4.39 Å². The third-order valence-corrected chi connectivity index (χ3v) is 3.21. The van der Waals surface area contributed by atoms with Crippen molar-refractivity contribution in [2.75, 3.05) is 5.73 Å². The molecule has 1 aromatic heterocycles. The van der Waals surface area contributed by atoms with E-state index in [4.69, 9.17) is 5.73 Å². The van der Waals surface area contributed by atoms with Crippen molar-refractivity contribution in [3.63, 3.8) is 0 Å². The fourth-order valence-corrected chi connectivity index (χ4v) is 2.33. The Balaban J connectivity index is 2.95. The van der Waals surface area contributed by atoms with Crippen LogP contribution < -0.4 is 5.73 Å². The van der Waals surface area contributed by atoms with E-state index in [1.54, 1.807) is 6.07 Å². The molecule has 3 heteroatoms. The average molecular weight is 246 g/mol. The lowest BCUT2D eigenvalue weighted by Gasteiger charge is -2.23. The Kier molecular flexibility index (Phi) is 3.01. The number of rotatable bonds is 1. The summed E-state index contributed by atoms with van der Waals surface area (Å²) in [5, 5.41) is 0.916. The molecule has 2 rings (SSSR count). The number of benzene rings is 1. The number of hydrogen-bond acceptors (Lipinski definition) is 2. The van der Waals surface area contributed by atoms with Gasteiger partial charge >= 0.3 is 0 Å². The van der Waals surface area contributed by atoms with E-state index < -0.39 is 0 Å². The molecule has 0 aliphatic heterocycles. The molecule has 2 N–H and O–H groups in total. The molecule has 1 heterocycles. The lowest BCUT2D eigenvalue weighted by molar-refractivity contribution is 0.591. The number of halogens is 1. The van der Waals surface area contributed by atoms with Crippen molar-refractivity contribution in [2.24, 2.45) is 0 Å². The number of anilines is 1. The Bertz CT molecular complexity index is 597. The van der Waals surface area contributed by atoms with E-state index in [0.29, 0.717) is 12.2 Å². The lowest BCUT2D eigenvalue weighted by atomic mass is 9.83. The van der Waals surface area contributed by atoms with Crippen LogP contribution in [-0.2, 0) is 11.8 Å². The summed E-state index contributed by atoms with van der Waals surface area (Å²) < 4.78 is 13.9. The first kappa shape index (κ1) is 12.8. The first-order valence-electron chi connectivity index (χ1n) is 6.22. The molecular formula is C15H19FN2. The Morgan fingerprint density at radius 2 is 1.94 bits per heavy atom. The van der Waals surface area contributed by atoms with Gasteiger partial charge in [0.25, 0.3) is 0 Å². The number of fused-ring (bicyclic) bond motifs is 1. The van der Waals surface area contributed by atoms with Crippen LogP contribution in [0.2, 0.25) is 0 Å². The SMILES string of the molecule is CCc1c(F)ccc2nc(N)cc(C(C)(C)C)c12. The summed E-state index contributed by atoms with van der Waals surface area (Å²) in [7, 11) is 0. The van der Waals surface area contributed by atoms with Gasteiger partial charge in [-0.1, -0.05) is 27.7 Å². The second-order valence-electron chi connectivity index (χ2n) is 5.62. The number of nitrogens with zero attached hydrogens (tertiary/aromatic N) is 1. The highest BCUT2D eigenvalue weighted by Gasteiger charge is 2.21. The van der Waals surface area contributed by atoms with Crippen LogP contribution in [0.3, 0.4) is 0 Å². The monoisotopic (exact) mass is 246 g/mol. The molecule has 0 bridgehead atoms. The van der Waals surface area contributed by atoms with E-state index in [2.05, 4.69) is 25.8 Å². The highest BCUT2D eigenvalue weighted by Crippen LogP contribution is 2.34. The highest BCUT2D eigenvalue weighted by atomic mass is 19.1. The van der Waals surface area contributed by atoms with Gasteiger partial charge in [-0.05, 0) is 41.2 Å². The van der Waals surface area contributed by atoms with Crippen LogP contribution in [0, 0.1) is 5.82 Å². The summed E-state index contributed by atoms with van der Waals surface area (Å²) in [5.74, 6) is 0.322. The van der Waals surface area contributed by atoms with Crippen LogP contribution in [0.4, 0.5) is 10.2 Å². The standard InChI is InChI=1S/C15H19FN2/c1-5-9-11(16)6-7-12-14(9)10(15(2,3)4)8-13(17)18-12/h6-8H,5H2,1-4H3,(H2,17,18). The Morgan fingerprint density at radius 3 is 2.50 bits per heavy atom. The summed E-state index contributed by atoms with van der Waals surface area (Å²) >= 11 is 0. The first-order chi connectivity index (χ1) is 8.34. The number of aromatic nitrogens is 1. The van der Waals surface area contributed by atoms with Crippen LogP contribution in [-0.4, -0.2) is 4.98 Å². The van der Waals surface area contributed by atoms with E-state index in [1.807, 2.05) is 13.0 Å². The third kappa shape index (κ3) is 2.05. The fraction of sp³-hybridized carbons (Fsp3) is 0.400. The van der Waals surface area contributed by atoms with E-state index in [1.165, 1.54) is 6.07 Å². The minimum absolute atomic E-state index is 0.0903. The number of nitrogen functional groups attached to an aromatic ring is 1. The molecule has 0 atom stereocenters. The normalized spacial score (nSPS) is 12.1. The van der Waals surface area contributed by atoms with Crippen LogP contribution in [0.15, 0.2) is 18.2 Å². The van der Waals surface area contributed by atoms with Crippen LogP contribution in [0.5, 0.6) is 0 Å². The van der Waals surface area contributed by atoms with Crippen molar-refractivity contribution >= 4 is 16.7 Å². The van der Waals surface area contributed by atoms with Crippen LogP contribution >= 0.6 is 0 Å². The van der Waals surface area contributed by atoms with E-state index in [9.17, 15) is 4.39 Å². The Morgan fingerprint density at radius 1 is 1.28 bits per heavy atom. The molecule has 0 saturated heterocycles. The smallest absolute Gasteiger partial charge is 0.127 e. The third-order valence-electron chi connectivity index (χ3n) is 3.21. The van der Waals surface area contributed by atoms with Gasteiger partial charge in [0.15, 0.2) is 0 Å². The van der Waals surface area contributed by atoms with Gasteiger partial charge < -0.3 is 5.73 Å². The number of hydrogen-bond donors (Lipinski definition) is 1. The highest BCUT2D eigenvalue weighted by molar-refractivity contribution is 5.88. The zero-order valence-corrected chi connectivity index (χ0v) is 11.3. The average Bonchev–Trinajstić information content (AvgIpc) is 2.27. The Labute approximate surface area is 107 Å². The van der Waals surface area contributed by atoms with Crippen molar-refractivity contribution in [2.45, 2.75) is 39.5 Å². The fourth-order valence-electron chi connectivity index (χ4n) is 2.33. The molecule has 2 aromatic rings. The maximum atomic E-state index is 13.9. The van der Waals surface area contributed by atoms with Crippen LogP contribution in [0.1, 0.15) is 38.8 Å². The maximum Gasteiger partial charge on any atom is 0.127 e. The minimum Gasteiger partial charge on any atom is -0.384 e. The second-order valence-corrected chi connectivity index (χ2v) is 5.62. The molecule has 0 aliphatic rings. The molecule has 1 aromatic carbocycles. The van der Waals surface area contributed by atoms with Gasteiger partial charge in [-0.2, -0.15) is 0 Å². The summed E-state index contributed by atoms with van der Waals surface area (Å²) in [6, 6.07) is 5.04. The molecule has 0 spiro atoms. The summed E-state index contributed by atoms with van der Waals surface area (Å²) in [5.41, 5.74) is 8.32. The zero-order valence-electron chi connectivity index (χ0n) is 11.3. The molecule has 0 saturated carbocycles. The van der Waals surface area contributed by atoms with Crippen molar-refractivity contribution in [1.29, 1.82) is 0 Å². The molecular weight excluding hydrogens is 227 g/mol. The predicted octanol–water partition coefficient (Wildman–Crippen LogP) is 3.82. The molecule has 0 amide bonds. The largest absolute Gasteiger partial charge is 0.384 e. The van der Waals surface area contributed by atoms with Crippen LogP contribution in [0.25, 0.3) is 10.9 Å².